The summed E-state index contributed by atoms with van der Waals surface area (Å²) >= 11 is 1.19. The number of rotatable bonds is 5. The summed E-state index contributed by atoms with van der Waals surface area (Å²) in [5, 5.41) is 17.6. The van der Waals surface area contributed by atoms with Crippen LogP contribution < -0.4 is 10.6 Å². The van der Waals surface area contributed by atoms with Crippen LogP contribution in [0.4, 0.5) is 5.13 Å². The Morgan fingerprint density at radius 3 is 3.06 bits per heavy atom. The van der Waals surface area contributed by atoms with Gasteiger partial charge in [0.15, 0.2) is 5.82 Å². The molecule has 90 valence electrons. The van der Waals surface area contributed by atoms with Crippen molar-refractivity contribution in [3.63, 3.8) is 0 Å². The number of hydrogen-bond acceptors (Lipinski definition) is 8. The second kappa shape index (κ2) is 5.34. The van der Waals surface area contributed by atoms with E-state index in [1.54, 1.807) is 7.05 Å². The first-order valence-electron chi connectivity index (χ1n) is 4.84. The molecule has 0 aliphatic heterocycles. The van der Waals surface area contributed by atoms with Gasteiger partial charge in [-0.05, 0) is 0 Å². The Bertz CT molecular complexity index is 482. The highest BCUT2D eigenvalue weighted by atomic mass is 32.1. The highest BCUT2D eigenvalue weighted by molar-refractivity contribution is 7.17. The van der Waals surface area contributed by atoms with E-state index in [-0.39, 0.29) is 5.91 Å². The van der Waals surface area contributed by atoms with Crippen molar-refractivity contribution in [2.24, 2.45) is 0 Å². The van der Waals surface area contributed by atoms with E-state index >= 15 is 0 Å². The van der Waals surface area contributed by atoms with Gasteiger partial charge in [-0.2, -0.15) is 4.98 Å². The summed E-state index contributed by atoms with van der Waals surface area (Å²) in [4.78, 5) is 15.4. The molecule has 0 aliphatic carbocycles. The first-order chi connectivity index (χ1) is 8.29. The Balaban J connectivity index is 1.81. The van der Waals surface area contributed by atoms with Crippen molar-refractivity contribution in [1.82, 2.24) is 25.7 Å². The van der Waals surface area contributed by atoms with Crippen LogP contribution in [0.3, 0.4) is 0 Å². The monoisotopic (exact) mass is 254 g/mol. The number of carbonyl (C=O) groups excluding carboxylic acids is 1. The average Bonchev–Trinajstić information content (AvgIpc) is 2.99. The van der Waals surface area contributed by atoms with Crippen LogP contribution in [-0.4, -0.2) is 39.8 Å². The first kappa shape index (κ1) is 11.5. The summed E-state index contributed by atoms with van der Waals surface area (Å²) in [6.45, 7) is 0.423. The summed E-state index contributed by atoms with van der Waals surface area (Å²) in [7, 11) is 1.72. The van der Waals surface area contributed by atoms with Crippen LogP contribution in [0.1, 0.15) is 15.6 Å². The van der Waals surface area contributed by atoms with Crippen molar-refractivity contribution >= 4 is 22.4 Å². The third kappa shape index (κ3) is 2.97. The van der Waals surface area contributed by atoms with Gasteiger partial charge in [0.2, 0.25) is 16.5 Å². The molecule has 0 aromatic carbocycles. The average molecular weight is 254 g/mol. The van der Waals surface area contributed by atoms with Gasteiger partial charge >= 0.3 is 0 Å². The topological polar surface area (TPSA) is 106 Å². The van der Waals surface area contributed by atoms with Gasteiger partial charge in [0, 0.05) is 20.0 Å². The lowest BCUT2D eigenvalue weighted by Gasteiger charge is -1.98. The maximum atomic E-state index is 11.6. The van der Waals surface area contributed by atoms with Crippen molar-refractivity contribution in [2.75, 3.05) is 18.9 Å². The summed E-state index contributed by atoms with van der Waals surface area (Å²) < 4.78 is 4.57. The molecule has 0 bridgehead atoms. The lowest BCUT2D eigenvalue weighted by atomic mass is 10.4. The van der Waals surface area contributed by atoms with Crippen LogP contribution >= 0.6 is 11.3 Å². The molecule has 1 amide bonds. The highest BCUT2D eigenvalue weighted by Crippen LogP contribution is 2.13. The Labute approximate surface area is 100 Å². The smallest absolute Gasteiger partial charge is 0.282 e. The fraction of sp³-hybridized carbons (Fsp3) is 0.375. The highest BCUT2D eigenvalue weighted by Gasteiger charge is 2.11. The minimum absolute atomic E-state index is 0.257. The van der Waals surface area contributed by atoms with Crippen molar-refractivity contribution in [2.45, 2.75) is 6.42 Å². The quantitative estimate of drug-likeness (QED) is 0.769. The lowest BCUT2D eigenvalue weighted by molar-refractivity contribution is 0.0953. The molecule has 0 fully saturated rings. The van der Waals surface area contributed by atoms with Crippen molar-refractivity contribution in [3.05, 3.63) is 17.2 Å². The molecule has 0 spiro atoms. The number of amides is 1. The third-order valence-electron chi connectivity index (χ3n) is 1.87. The molecule has 2 rings (SSSR count). The second-order valence-electron chi connectivity index (χ2n) is 3.02. The normalized spacial score (nSPS) is 10.2. The van der Waals surface area contributed by atoms with Gasteiger partial charge < -0.3 is 15.2 Å². The molecule has 8 nitrogen and oxygen atoms in total. The predicted octanol–water partition coefficient (Wildman–Crippen LogP) is -0.0647. The van der Waals surface area contributed by atoms with E-state index < -0.39 is 0 Å². The van der Waals surface area contributed by atoms with E-state index in [1.165, 1.54) is 17.7 Å². The van der Waals surface area contributed by atoms with Crippen molar-refractivity contribution < 1.29 is 9.32 Å². The van der Waals surface area contributed by atoms with Gasteiger partial charge in [-0.15, -0.1) is 10.2 Å². The van der Waals surface area contributed by atoms with Crippen LogP contribution in [0.2, 0.25) is 0 Å². The number of aromatic nitrogens is 4. The van der Waals surface area contributed by atoms with Gasteiger partial charge in [0.1, 0.15) is 0 Å². The molecule has 0 saturated carbocycles. The van der Waals surface area contributed by atoms with Crippen LogP contribution in [0, 0.1) is 0 Å². The van der Waals surface area contributed by atoms with E-state index in [4.69, 9.17) is 0 Å². The number of nitrogens with one attached hydrogen (secondary N) is 2. The molecule has 2 aromatic rings. The Morgan fingerprint density at radius 2 is 2.41 bits per heavy atom. The zero-order chi connectivity index (χ0) is 12.1. The summed E-state index contributed by atoms with van der Waals surface area (Å²) in [5.41, 5.74) is 0. The minimum atomic E-state index is -0.257. The van der Waals surface area contributed by atoms with Gasteiger partial charge in [0.25, 0.3) is 5.91 Å². The third-order valence-corrected chi connectivity index (χ3v) is 2.81. The van der Waals surface area contributed by atoms with Gasteiger partial charge in [0.05, 0.1) is 0 Å². The Kier molecular flexibility index (Phi) is 3.60. The predicted molar refractivity (Wildman–Crippen MR) is 59.8 cm³/mol. The minimum Gasteiger partial charge on any atom is -0.363 e. The number of hydrogen-bond donors (Lipinski definition) is 2. The molecule has 0 radical (unpaired) electrons. The number of anilines is 1. The van der Waals surface area contributed by atoms with Crippen LogP contribution in [0.25, 0.3) is 0 Å². The maximum absolute atomic E-state index is 11.6. The van der Waals surface area contributed by atoms with E-state index in [1.807, 2.05) is 0 Å². The zero-order valence-corrected chi connectivity index (χ0v) is 9.82. The van der Waals surface area contributed by atoms with Crippen LogP contribution in [0.15, 0.2) is 10.9 Å². The molecule has 17 heavy (non-hydrogen) atoms. The molecule has 2 heterocycles. The van der Waals surface area contributed by atoms with Gasteiger partial charge in [-0.1, -0.05) is 16.5 Å². The SMILES string of the molecule is CNc1nnc(C(=O)NCCc2ncon2)s1. The maximum Gasteiger partial charge on any atom is 0.282 e. The first-order valence-corrected chi connectivity index (χ1v) is 5.66. The van der Waals surface area contributed by atoms with E-state index in [2.05, 4.69) is 35.5 Å². The summed E-state index contributed by atoms with van der Waals surface area (Å²) in [6.07, 6.45) is 1.76. The molecule has 0 aliphatic rings. The fourth-order valence-corrected chi connectivity index (χ4v) is 1.70. The van der Waals surface area contributed by atoms with E-state index in [9.17, 15) is 4.79 Å². The van der Waals surface area contributed by atoms with Gasteiger partial charge in [-0.3, -0.25) is 4.79 Å². The fourth-order valence-electron chi connectivity index (χ4n) is 1.08. The van der Waals surface area contributed by atoms with E-state index in [0.717, 1.165) is 0 Å². The molecule has 2 aromatic heterocycles. The molecule has 0 saturated heterocycles. The second-order valence-corrected chi connectivity index (χ2v) is 3.99. The molecule has 2 N–H and O–H groups in total. The largest absolute Gasteiger partial charge is 0.363 e. The number of carbonyl (C=O) groups is 1. The molecular formula is C8H10N6O2S. The molecule has 0 atom stereocenters. The lowest BCUT2D eigenvalue weighted by Crippen LogP contribution is -2.25. The number of nitrogens with zero attached hydrogens (tertiary/aromatic N) is 4. The zero-order valence-electron chi connectivity index (χ0n) is 9.01. The van der Waals surface area contributed by atoms with Gasteiger partial charge in [-0.25, -0.2) is 0 Å². The Morgan fingerprint density at radius 1 is 1.53 bits per heavy atom. The van der Waals surface area contributed by atoms with Crippen molar-refractivity contribution in [1.29, 1.82) is 0 Å². The van der Waals surface area contributed by atoms with Crippen LogP contribution in [0.5, 0.6) is 0 Å². The van der Waals surface area contributed by atoms with Crippen molar-refractivity contribution in [3.8, 4) is 0 Å². The summed E-state index contributed by atoms with van der Waals surface area (Å²) in [5.74, 6) is 0.297. The standard InChI is InChI=1S/C8H10N6O2S/c1-9-8-13-12-7(17-8)6(15)10-3-2-5-11-4-16-14-5/h4H,2-3H2,1H3,(H,9,13)(H,10,15). The molecular weight excluding hydrogens is 244 g/mol. The Hall–Kier alpha value is -2.03. The summed E-state index contributed by atoms with van der Waals surface area (Å²) in [6, 6.07) is 0. The van der Waals surface area contributed by atoms with E-state index in [0.29, 0.717) is 28.9 Å². The molecule has 9 heteroatoms. The molecule has 0 unspecified atom stereocenters. The van der Waals surface area contributed by atoms with Crippen LogP contribution in [-0.2, 0) is 6.42 Å².